The third-order valence-corrected chi connectivity index (χ3v) is 4.63. The molecule has 1 amide bonds. The number of aromatic nitrogens is 6. The average molecular weight is 349 g/mol. The Balaban J connectivity index is 1.51. The van der Waals surface area contributed by atoms with Crippen molar-refractivity contribution in [1.82, 2.24) is 35.1 Å². The minimum absolute atomic E-state index is 0.0378. The molecule has 1 aliphatic heterocycles. The van der Waals surface area contributed by atoms with Gasteiger partial charge in [-0.25, -0.2) is 9.67 Å². The standard InChI is InChI=1S/C14H19N7O2S/c1-9-6-12(16-10(2)15-9)23-11-4-5-21(7-11)13(22)8-24-14-17-18-19-20(14)3/h6,11H,4-5,7-8H2,1-3H3/t11-/m1/s1. The third kappa shape index (κ3) is 3.99. The van der Waals surface area contributed by atoms with E-state index in [-0.39, 0.29) is 12.0 Å². The van der Waals surface area contributed by atoms with Crippen molar-refractivity contribution in [3.63, 3.8) is 0 Å². The van der Waals surface area contributed by atoms with Crippen LogP contribution in [0.2, 0.25) is 0 Å². The molecule has 24 heavy (non-hydrogen) atoms. The van der Waals surface area contributed by atoms with Crippen LogP contribution in [-0.4, -0.2) is 65.9 Å². The molecule has 0 spiro atoms. The number of carbonyl (C=O) groups is 1. The number of ether oxygens (including phenoxy) is 1. The first-order chi connectivity index (χ1) is 11.5. The van der Waals surface area contributed by atoms with Crippen LogP contribution in [-0.2, 0) is 11.8 Å². The highest BCUT2D eigenvalue weighted by molar-refractivity contribution is 7.99. The number of hydrogen-bond acceptors (Lipinski definition) is 8. The van der Waals surface area contributed by atoms with Crippen LogP contribution < -0.4 is 4.74 Å². The molecule has 0 saturated carbocycles. The van der Waals surface area contributed by atoms with Crippen molar-refractivity contribution >= 4 is 17.7 Å². The average Bonchev–Trinajstić information content (AvgIpc) is 3.13. The van der Waals surface area contributed by atoms with Crippen LogP contribution in [0, 0.1) is 13.8 Å². The molecule has 10 heteroatoms. The van der Waals surface area contributed by atoms with Crippen molar-refractivity contribution in [2.45, 2.75) is 31.5 Å². The lowest BCUT2D eigenvalue weighted by atomic mass is 10.3. The second-order valence-electron chi connectivity index (χ2n) is 5.64. The maximum absolute atomic E-state index is 12.3. The van der Waals surface area contributed by atoms with Crippen LogP contribution >= 0.6 is 11.8 Å². The Morgan fingerprint density at radius 2 is 2.25 bits per heavy atom. The molecule has 3 rings (SSSR count). The van der Waals surface area contributed by atoms with Crippen molar-refractivity contribution in [1.29, 1.82) is 0 Å². The zero-order valence-electron chi connectivity index (χ0n) is 13.8. The minimum Gasteiger partial charge on any atom is -0.472 e. The Morgan fingerprint density at radius 3 is 2.96 bits per heavy atom. The van der Waals surface area contributed by atoms with E-state index in [0.29, 0.717) is 35.7 Å². The molecular weight excluding hydrogens is 330 g/mol. The van der Waals surface area contributed by atoms with E-state index in [1.54, 1.807) is 11.7 Å². The second-order valence-corrected chi connectivity index (χ2v) is 6.58. The van der Waals surface area contributed by atoms with Crippen LogP contribution in [0.4, 0.5) is 0 Å². The highest BCUT2D eigenvalue weighted by Crippen LogP contribution is 2.19. The molecule has 0 radical (unpaired) electrons. The number of likely N-dealkylation sites (tertiary alicyclic amines) is 1. The molecule has 9 nitrogen and oxygen atoms in total. The van der Waals surface area contributed by atoms with E-state index in [2.05, 4.69) is 25.5 Å². The van der Waals surface area contributed by atoms with Crippen molar-refractivity contribution in [2.24, 2.45) is 7.05 Å². The van der Waals surface area contributed by atoms with E-state index in [9.17, 15) is 4.79 Å². The van der Waals surface area contributed by atoms with Gasteiger partial charge in [0.15, 0.2) is 0 Å². The monoisotopic (exact) mass is 349 g/mol. The maximum Gasteiger partial charge on any atom is 0.233 e. The second kappa shape index (κ2) is 7.12. The van der Waals surface area contributed by atoms with Gasteiger partial charge in [-0.2, -0.15) is 4.98 Å². The highest BCUT2D eigenvalue weighted by Gasteiger charge is 2.28. The molecule has 0 bridgehead atoms. The molecule has 0 N–H and O–H groups in total. The van der Waals surface area contributed by atoms with Crippen molar-refractivity contribution < 1.29 is 9.53 Å². The Hall–Kier alpha value is -2.23. The van der Waals surface area contributed by atoms with Gasteiger partial charge in [-0.3, -0.25) is 4.79 Å². The van der Waals surface area contributed by atoms with Gasteiger partial charge in [0.2, 0.25) is 16.9 Å². The first kappa shape index (κ1) is 16.6. The maximum atomic E-state index is 12.3. The lowest BCUT2D eigenvalue weighted by Crippen LogP contribution is -2.32. The Kier molecular flexibility index (Phi) is 4.93. The summed E-state index contributed by atoms with van der Waals surface area (Å²) < 4.78 is 7.45. The van der Waals surface area contributed by atoms with E-state index in [0.717, 1.165) is 12.1 Å². The van der Waals surface area contributed by atoms with E-state index in [1.165, 1.54) is 11.8 Å². The molecule has 2 aromatic heterocycles. The van der Waals surface area contributed by atoms with Crippen molar-refractivity contribution in [2.75, 3.05) is 18.8 Å². The number of rotatable bonds is 5. The van der Waals surface area contributed by atoms with Gasteiger partial charge in [-0.05, 0) is 24.3 Å². The zero-order valence-corrected chi connectivity index (χ0v) is 14.7. The van der Waals surface area contributed by atoms with Gasteiger partial charge < -0.3 is 9.64 Å². The SMILES string of the molecule is Cc1cc(O[C@@H]2CCN(C(=O)CSc3nnnn3C)C2)nc(C)n1. The number of aryl methyl sites for hydroxylation is 3. The summed E-state index contributed by atoms with van der Waals surface area (Å²) in [5, 5.41) is 11.8. The van der Waals surface area contributed by atoms with Gasteiger partial charge >= 0.3 is 0 Å². The summed E-state index contributed by atoms with van der Waals surface area (Å²) in [5.74, 6) is 1.62. The summed E-state index contributed by atoms with van der Waals surface area (Å²) in [6.07, 6.45) is 0.758. The summed E-state index contributed by atoms with van der Waals surface area (Å²) in [6, 6.07) is 1.81. The van der Waals surface area contributed by atoms with E-state index in [1.807, 2.05) is 24.8 Å². The molecule has 3 heterocycles. The Labute approximate surface area is 143 Å². The Bertz CT molecular complexity index is 715. The quantitative estimate of drug-likeness (QED) is 0.715. The minimum atomic E-state index is -0.0378. The largest absolute Gasteiger partial charge is 0.472 e. The van der Waals surface area contributed by atoms with Gasteiger partial charge in [0.1, 0.15) is 11.9 Å². The fraction of sp³-hybridized carbons (Fsp3) is 0.571. The lowest BCUT2D eigenvalue weighted by Gasteiger charge is -2.16. The van der Waals surface area contributed by atoms with Crippen LogP contribution in [0.25, 0.3) is 0 Å². The fourth-order valence-corrected chi connectivity index (χ4v) is 3.28. The van der Waals surface area contributed by atoms with Gasteiger partial charge in [0, 0.05) is 31.8 Å². The molecule has 1 aliphatic rings. The van der Waals surface area contributed by atoms with Crippen molar-refractivity contribution in [3.8, 4) is 5.88 Å². The molecule has 1 fully saturated rings. The van der Waals surface area contributed by atoms with E-state index < -0.39 is 0 Å². The summed E-state index contributed by atoms with van der Waals surface area (Å²) in [7, 11) is 1.75. The zero-order chi connectivity index (χ0) is 17.1. The number of thioether (sulfide) groups is 1. The summed E-state index contributed by atoms with van der Waals surface area (Å²) in [6.45, 7) is 5.00. The molecule has 0 aliphatic carbocycles. The van der Waals surface area contributed by atoms with Crippen LogP contribution in [0.5, 0.6) is 5.88 Å². The van der Waals surface area contributed by atoms with Crippen molar-refractivity contribution in [3.05, 3.63) is 17.6 Å². The smallest absolute Gasteiger partial charge is 0.233 e. The lowest BCUT2D eigenvalue weighted by molar-refractivity contribution is -0.127. The first-order valence-corrected chi connectivity index (χ1v) is 8.61. The number of hydrogen-bond donors (Lipinski definition) is 0. The van der Waals surface area contributed by atoms with Gasteiger partial charge in [-0.15, -0.1) is 5.10 Å². The number of amides is 1. The summed E-state index contributed by atoms with van der Waals surface area (Å²) in [5.41, 5.74) is 0.872. The fourth-order valence-electron chi connectivity index (χ4n) is 2.53. The molecule has 1 atom stereocenters. The predicted molar refractivity (Wildman–Crippen MR) is 86.6 cm³/mol. The van der Waals surface area contributed by atoms with Gasteiger partial charge in [-0.1, -0.05) is 11.8 Å². The van der Waals surface area contributed by atoms with Gasteiger partial charge in [0.25, 0.3) is 0 Å². The molecule has 0 aromatic carbocycles. The number of tetrazole rings is 1. The van der Waals surface area contributed by atoms with Gasteiger partial charge in [0.05, 0.1) is 12.3 Å². The number of nitrogens with zero attached hydrogens (tertiary/aromatic N) is 7. The Morgan fingerprint density at radius 1 is 1.42 bits per heavy atom. The normalized spacial score (nSPS) is 17.3. The van der Waals surface area contributed by atoms with Crippen LogP contribution in [0.3, 0.4) is 0 Å². The molecule has 1 saturated heterocycles. The third-order valence-electron chi connectivity index (χ3n) is 3.63. The predicted octanol–water partition coefficient (Wildman–Crippen LogP) is 0.389. The van der Waals surface area contributed by atoms with E-state index >= 15 is 0 Å². The molecule has 128 valence electrons. The highest BCUT2D eigenvalue weighted by atomic mass is 32.2. The molecule has 2 aromatic rings. The van der Waals surface area contributed by atoms with E-state index in [4.69, 9.17) is 4.74 Å². The molecular formula is C14H19N7O2S. The summed E-state index contributed by atoms with van der Waals surface area (Å²) >= 11 is 1.33. The molecule has 0 unspecified atom stereocenters. The van der Waals surface area contributed by atoms with Crippen LogP contribution in [0.15, 0.2) is 11.2 Å². The van der Waals surface area contributed by atoms with Crippen LogP contribution in [0.1, 0.15) is 17.9 Å². The summed E-state index contributed by atoms with van der Waals surface area (Å²) in [4.78, 5) is 22.6. The first-order valence-electron chi connectivity index (χ1n) is 7.63. The number of carbonyl (C=O) groups excluding carboxylic acids is 1. The topological polar surface area (TPSA) is 98.9 Å².